The highest BCUT2D eigenvalue weighted by Gasteiger charge is 2.09. The molecule has 0 spiro atoms. The predicted molar refractivity (Wildman–Crippen MR) is 113 cm³/mol. The van der Waals surface area contributed by atoms with E-state index in [-0.39, 0.29) is 5.56 Å². The van der Waals surface area contributed by atoms with Crippen LogP contribution in [0.1, 0.15) is 16.1 Å². The number of furan rings is 1. The van der Waals surface area contributed by atoms with Gasteiger partial charge in [-0.25, -0.2) is 4.79 Å². The Balaban J connectivity index is 1.25. The number of rotatable bonds is 9. The molecule has 0 bridgehead atoms. The molecule has 0 unspecified atom stereocenters. The van der Waals surface area contributed by atoms with Crippen molar-refractivity contribution in [2.75, 3.05) is 12.3 Å². The first-order chi connectivity index (χ1) is 14.7. The van der Waals surface area contributed by atoms with E-state index in [1.807, 2.05) is 42.5 Å². The molecule has 9 heteroatoms. The van der Waals surface area contributed by atoms with E-state index in [2.05, 4.69) is 20.8 Å². The van der Waals surface area contributed by atoms with Gasteiger partial charge in [0.25, 0.3) is 0 Å². The molecular formula is C21H19N5O3S. The fourth-order valence-electron chi connectivity index (χ4n) is 2.83. The summed E-state index contributed by atoms with van der Waals surface area (Å²) in [5.74, 6) is 1.38. The molecule has 0 aliphatic heterocycles. The van der Waals surface area contributed by atoms with Gasteiger partial charge in [0.1, 0.15) is 11.5 Å². The number of carboxylic acids is 1. The Labute approximate surface area is 176 Å². The molecule has 2 aromatic carbocycles. The molecule has 0 saturated carbocycles. The fourth-order valence-corrected chi connectivity index (χ4v) is 3.62. The van der Waals surface area contributed by atoms with E-state index in [4.69, 9.17) is 9.52 Å². The molecular weight excluding hydrogens is 402 g/mol. The fraction of sp³-hybridized carbons (Fsp3) is 0.143. The van der Waals surface area contributed by atoms with Crippen molar-refractivity contribution >= 4 is 17.7 Å². The van der Waals surface area contributed by atoms with Crippen LogP contribution >= 0.6 is 11.8 Å². The quantitative estimate of drug-likeness (QED) is 0.312. The van der Waals surface area contributed by atoms with Gasteiger partial charge in [-0.05, 0) is 46.8 Å². The van der Waals surface area contributed by atoms with E-state index in [9.17, 15) is 4.79 Å². The number of hydrogen-bond donors (Lipinski definition) is 2. The number of tetrazole rings is 1. The van der Waals surface area contributed by atoms with Gasteiger partial charge < -0.3 is 14.8 Å². The van der Waals surface area contributed by atoms with Crippen molar-refractivity contribution in [3.8, 4) is 17.0 Å². The normalized spacial score (nSPS) is 10.9. The number of aromatic nitrogens is 4. The summed E-state index contributed by atoms with van der Waals surface area (Å²) < 4.78 is 7.57. The SMILES string of the molecule is O=C(O)c1ccc(-c2ccc(CNCCSc3nnnn3-c3ccccc3)o2)cc1. The number of para-hydroxylation sites is 1. The molecule has 4 aromatic rings. The smallest absolute Gasteiger partial charge is 0.335 e. The standard InChI is InChI=1S/C21H19N5O3S/c27-20(28)16-8-6-15(7-9-16)19-11-10-18(29-19)14-22-12-13-30-21-23-24-25-26(21)17-4-2-1-3-5-17/h1-11,22H,12-14H2,(H,27,28). The highest BCUT2D eigenvalue weighted by Crippen LogP contribution is 2.23. The summed E-state index contributed by atoms with van der Waals surface area (Å²) >= 11 is 1.58. The molecule has 0 radical (unpaired) electrons. The summed E-state index contributed by atoms with van der Waals surface area (Å²) in [6, 6.07) is 20.2. The van der Waals surface area contributed by atoms with Crippen molar-refractivity contribution in [2.24, 2.45) is 0 Å². The highest BCUT2D eigenvalue weighted by molar-refractivity contribution is 7.99. The first-order valence-electron chi connectivity index (χ1n) is 9.30. The number of nitrogens with zero attached hydrogens (tertiary/aromatic N) is 4. The minimum absolute atomic E-state index is 0.253. The number of carbonyl (C=O) groups is 1. The van der Waals surface area contributed by atoms with Crippen LogP contribution in [-0.4, -0.2) is 43.6 Å². The largest absolute Gasteiger partial charge is 0.478 e. The maximum Gasteiger partial charge on any atom is 0.335 e. The Bertz CT molecular complexity index is 1110. The van der Waals surface area contributed by atoms with Crippen molar-refractivity contribution < 1.29 is 14.3 Å². The topological polar surface area (TPSA) is 106 Å². The molecule has 2 N–H and O–H groups in total. The average Bonchev–Trinajstić information content (AvgIpc) is 3.44. The maximum absolute atomic E-state index is 10.9. The first kappa shape index (κ1) is 19.9. The molecule has 0 amide bonds. The summed E-state index contributed by atoms with van der Waals surface area (Å²) in [4.78, 5) is 10.9. The molecule has 30 heavy (non-hydrogen) atoms. The number of carboxylic acid groups (broad SMARTS) is 1. The summed E-state index contributed by atoms with van der Waals surface area (Å²) in [5.41, 5.74) is 2.02. The monoisotopic (exact) mass is 421 g/mol. The predicted octanol–water partition coefficient (Wildman–Crippen LogP) is 3.50. The second-order valence-electron chi connectivity index (χ2n) is 6.38. The van der Waals surface area contributed by atoms with E-state index in [1.54, 1.807) is 40.7 Å². The van der Waals surface area contributed by atoms with Gasteiger partial charge in [-0.3, -0.25) is 0 Å². The molecule has 2 heterocycles. The minimum Gasteiger partial charge on any atom is -0.478 e. The van der Waals surface area contributed by atoms with Crippen LogP contribution in [0.2, 0.25) is 0 Å². The Morgan fingerprint density at radius 1 is 1.07 bits per heavy atom. The van der Waals surface area contributed by atoms with Crippen molar-refractivity contribution in [3.63, 3.8) is 0 Å². The molecule has 0 fully saturated rings. The molecule has 152 valence electrons. The molecule has 4 rings (SSSR count). The lowest BCUT2D eigenvalue weighted by Gasteiger charge is -2.05. The van der Waals surface area contributed by atoms with Gasteiger partial charge in [-0.1, -0.05) is 42.1 Å². The third kappa shape index (κ3) is 4.76. The third-order valence-electron chi connectivity index (χ3n) is 4.33. The zero-order valence-electron chi connectivity index (χ0n) is 15.9. The van der Waals surface area contributed by atoms with Gasteiger partial charge in [0.05, 0.1) is 17.8 Å². The van der Waals surface area contributed by atoms with Crippen LogP contribution in [0.25, 0.3) is 17.0 Å². The number of aromatic carboxylic acids is 1. The first-order valence-corrected chi connectivity index (χ1v) is 10.3. The zero-order valence-corrected chi connectivity index (χ0v) is 16.7. The van der Waals surface area contributed by atoms with E-state index in [0.717, 1.165) is 34.5 Å². The van der Waals surface area contributed by atoms with Crippen molar-refractivity contribution in [1.29, 1.82) is 0 Å². The average molecular weight is 421 g/mol. The van der Waals surface area contributed by atoms with Gasteiger partial charge >= 0.3 is 5.97 Å². The van der Waals surface area contributed by atoms with E-state index < -0.39 is 5.97 Å². The lowest BCUT2D eigenvalue weighted by Crippen LogP contribution is -2.16. The minimum atomic E-state index is -0.943. The Morgan fingerprint density at radius 2 is 1.87 bits per heavy atom. The lowest BCUT2D eigenvalue weighted by molar-refractivity contribution is 0.0697. The summed E-state index contributed by atoms with van der Waals surface area (Å²) in [6.45, 7) is 1.35. The second kappa shape index (κ2) is 9.38. The number of benzene rings is 2. The van der Waals surface area contributed by atoms with Crippen LogP contribution in [0.4, 0.5) is 0 Å². The molecule has 2 aromatic heterocycles. The molecule has 0 saturated heterocycles. The van der Waals surface area contributed by atoms with E-state index in [0.29, 0.717) is 12.3 Å². The Kier molecular flexibility index (Phi) is 6.21. The third-order valence-corrected chi connectivity index (χ3v) is 5.25. The van der Waals surface area contributed by atoms with Gasteiger partial charge in [-0.15, -0.1) is 5.10 Å². The highest BCUT2D eigenvalue weighted by atomic mass is 32.2. The van der Waals surface area contributed by atoms with Gasteiger partial charge in [0.15, 0.2) is 0 Å². The van der Waals surface area contributed by atoms with E-state index >= 15 is 0 Å². The van der Waals surface area contributed by atoms with Crippen LogP contribution in [0.15, 0.2) is 76.3 Å². The van der Waals surface area contributed by atoms with Crippen molar-refractivity contribution in [1.82, 2.24) is 25.5 Å². The summed E-state index contributed by atoms with van der Waals surface area (Å²) in [6.07, 6.45) is 0. The summed E-state index contributed by atoms with van der Waals surface area (Å²) in [5, 5.41) is 25.0. The zero-order chi connectivity index (χ0) is 20.8. The van der Waals surface area contributed by atoms with Gasteiger partial charge in [0.2, 0.25) is 5.16 Å². The molecule has 8 nitrogen and oxygen atoms in total. The van der Waals surface area contributed by atoms with Crippen LogP contribution < -0.4 is 5.32 Å². The van der Waals surface area contributed by atoms with Gasteiger partial charge in [-0.2, -0.15) is 4.68 Å². The molecule has 0 aliphatic carbocycles. The molecule has 0 atom stereocenters. The lowest BCUT2D eigenvalue weighted by atomic mass is 10.1. The number of hydrogen-bond acceptors (Lipinski definition) is 7. The summed E-state index contributed by atoms with van der Waals surface area (Å²) in [7, 11) is 0. The number of nitrogens with one attached hydrogen (secondary N) is 1. The van der Waals surface area contributed by atoms with Gasteiger partial charge in [0, 0.05) is 17.9 Å². The molecule has 0 aliphatic rings. The van der Waals surface area contributed by atoms with Crippen LogP contribution in [0.3, 0.4) is 0 Å². The Morgan fingerprint density at radius 3 is 2.63 bits per heavy atom. The second-order valence-corrected chi connectivity index (χ2v) is 7.44. The number of thioether (sulfide) groups is 1. The van der Waals surface area contributed by atoms with E-state index in [1.165, 1.54) is 0 Å². The van der Waals surface area contributed by atoms with Crippen LogP contribution in [0, 0.1) is 0 Å². The van der Waals surface area contributed by atoms with Crippen LogP contribution in [0.5, 0.6) is 0 Å². The Hall–Kier alpha value is -3.43. The van der Waals surface area contributed by atoms with Crippen LogP contribution in [-0.2, 0) is 6.54 Å². The van der Waals surface area contributed by atoms with Crippen molar-refractivity contribution in [3.05, 3.63) is 78.1 Å². The maximum atomic E-state index is 10.9. The van der Waals surface area contributed by atoms with Crippen molar-refractivity contribution in [2.45, 2.75) is 11.7 Å².